The SMILES string of the molecule is CCOC(=O)c1c(NC(=O)NCc2c(-n3cccc3)sc3c2CCCN3)sc2c1CCCC2.Cl. The molecule has 182 valence electrons. The molecule has 10 heteroatoms. The maximum absolute atomic E-state index is 12.9. The lowest BCUT2D eigenvalue weighted by molar-refractivity contribution is 0.0526. The van der Waals surface area contributed by atoms with Crippen molar-refractivity contribution in [3.8, 4) is 5.00 Å². The topological polar surface area (TPSA) is 84.4 Å². The number of carbonyl (C=O) groups excluding carboxylic acids is 2. The molecule has 3 N–H and O–H groups in total. The Hall–Kier alpha value is -2.49. The van der Waals surface area contributed by atoms with Crippen LogP contribution in [0.5, 0.6) is 0 Å². The van der Waals surface area contributed by atoms with Gasteiger partial charge in [-0.2, -0.15) is 0 Å². The van der Waals surface area contributed by atoms with Gasteiger partial charge >= 0.3 is 12.0 Å². The Balaban J connectivity index is 0.00000274. The zero-order valence-electron chi connectivity index (χ0n) is 19.1. The quantitative estimate of drug-likeness (QED) is 0.361. The number of hydrogen-bond donors (Lipinski definition) is 3. The van der Waals surface area contributed by atoms with Gasteiger partial charge in [0.15, 0.2) is 0 Å². The second kappa shape index (κ2) is 10.8. The molecule has 0 spiro atoms. The Bertz CT molecular complexity index is 1170. The molecule has 0 atom stereocenters. The van der Waals surface area contributed by atoms with Gasteiger partial charge in [0, 0.05) is 35.9 Å². The first-order valence-electron chi connectivity index (χ1n) is 11.5. The molecule has 3 aromatic heterocycles. The van der Waals surface area contributed by atoms with E-state index in [0.29, 0.717) is 23.7 Å². The molecule has 4 heterocycles. The number of nitrogens with zero attached hydrogens (tertiary/aromatic N) is 1. The number of carbonyl (C=O) groups is 2. The van der Waals surface area contributed by atoms with Gasteiger partial charge in [0.05, 0.1) is 17.2 Å². The summed E-state index contributed by atoms with van der Waals surface area (Å²) in [6, 6.07) is 3.71. The maximum Gasteiger partial charge on any atom is 0.341 e. The number of thiophene rings is 2. The van der Waals surface area contributed by atoms with Gasteiger partial charge in [0.2, 0.25) is 0 Å². The van der Waals surface area contributed by atoms with Gasteiger partial charge in [-0.25, -0.2) is 9.59 Å². The van der Waals surface area contributed by atoms with Crippen LogP contribution in [0.2, 0.25) is 0 Å². The van der Waals surface area contributed by atoms with Crippen LogP contribution in [0.1, 0.15) is 58.1 Å². The van der Waals surface area contributed by atoms with Gasteiger partial charge < -0.3 is 19.9 Å². The number of esters is 1. The highest BCUT2D eigenvalue weighted by Gasteiger charge is 2.27. The first-order valence-corrected chi connectivity index (χ1v) is 13.2. The summed E-state index contributed by atoms with van der Waals surface area (Å²) < 4.78 is 7.40. The van der Waals surface area contributed by atoms with Crippen LogP contribution in [0.3, 0.4) is 0 Å². The lowest BCUT2D eigenvalue weighted by Gasteiger charge is -2.15. The van der Waals surface area contributed by atoms with E-state index in [1.165, 1.54) is 26.8 Å². The van der Waals surface area contributed by atoms with Gasteiger partial charge in [-0.3, -0.25) is 5.32 Å². The van der Waals surface area contributed by atoms with E-state index in [4.69, 9.17) is 4.74 Å². The first kappa shape index (κ1) is 24.6. The lowest BCUT2D eigenvalue weighted by atomic mass is 9.95. The summed E-state index contributed by atoms with van der Waals surface area (Å²) in [6.45, 7) is 3.52. The molecule has 0 aromatic carbocycles. The van der Waals surface area contributed by atoms with Crippen LogP contribution in [-0.4, -0.2) is 29.7 Å². The summed E-state index contributed by atoms with van der Waals surface area (Å²) in [5, 5.41) is 12.4. The Morgan fingerprint density at radius 3 is 2.65 bits per heavy atom. The predicted octanol–water partition coefficient (Wildman–Crippen LogP) is 5.76. The molecular weight excluding hydrogens is 492 g/mol. The average molecular weight is 521 g/mol. The van der Waals surface area contributed by atoms with E-state index in [9.17, 15) is 9.59 Å². The molecule has 0 fully saturated rings. The second-order valence-corrected chi connectivity index (χ2v) is 10.4. The van der Waals surface area contributed by atoms with E-state index < -0.39 is 0 Å². The van der Waals surface area contributed by atoms with Crippen molar-refractivity contribution >= 4 is 57.1 Å². The average Bonchev–Trinajstić information content (AvgIpc) is 3.54. The molecule has 1 aliphatic carbocycles. The molecule has 0 radical (unpaired) electrons. The number of hydrogen-bond acceptors (Lipinski definition) is 6. The molecule has 3 aromatic rings. The standard InChI is InChI=1S/C24H28N4O3S2.ClH/c1-2-31-23(29)19-16-8-3-4-10-18(16)32-21(19)27-24(30)26-14-17-15-9-7-11-25-20(15)33-22(17)28-12-5-6-13-28;/h5-6,12-13,25H,2-4,7-11,14H2,1H3,(H2,26,27,30);1H. The summed E-state index contributed by atoms with van der Waals surface area (Å²) in [4.78, 5) is 26.8. The largest absolute Gasteiger partial charge is 0.462 e. The molecule has 0 saturated carbocycles. The van der Waals surface area contributed by atoms with E-state index >= 15 is 0 Å². The van der Waals surface area contributed by atoms with E-state index in [2.05, 4.69) is 20.5 Å². The Labute approximate surface area is 213 Å². The van der Waals surface area contributed by atoms with Gasteiger partial charge in [-0.15, -0.1) is 23.7 Å². The van der Waals surface area contributed by atoms with Crippen molar-refractivity contribution in [2.45, 2.75) is 52.0 Å². The minimum Gasteiger partial charge on any atom is -0.462 e. The number of urea groups is 1. The predicted molar refractivity (Wildman–Crippen MR) is 140 cm³/mol. The molecule has 2 aliphatic rings. The number of rotatable bonds is 6. The van der Waals surface area contributed by atoms with Crippen molar-refractivity contribution in [3.63, 3.8) is 0 Å². The molecule has 0 bridgehead atoms. The van der Waals surface area contributed by atoms with Crippen molar-refractivity contribution in [1.82, 2.24) is 9.88 Å². The van der Waals surface area contributed by atoms with Crippen molar-refractivity contribution in [2.24, 2.45) is 0 Å². The van der Waals surface area contributed by atoms with Crippen molar-refractivity contribution in [3.05, 3.63) is 51.7 Å². The van der Waals surface area contributed by atoms with E-state index in [0.717, 1.165) is 61.2 Å². The zero-order chi connectivity index (χ0) is 22.8. The molecule has 0 saturated heterocycles. The minimum absolute atomic E-state index is 0. The molecule has 34 heavy (non-hydrogen) atoms. The summed E-state index contributed by atoms with van der Waals surface area (Å²) >= 11 is 3.23. The maximum atomic E-state index is 12.9. The zero-order valence-corrected chi connectivity index (χ0v) is 21.5. The smallest absolute Gasteiger partial charge is 0.341 e. The van der Waals surface area contributed by atoms with Gasteiger partial charge in [0.25, 0.3) is 0 Å². The van der Waals surface area contributed by atoms with Gasteiger partial charge in [0.1, 0.15) is 10.0 Å². The van der Waals surface area contributed by atoms with Gasteiger partial charge in [-0.05, 0) is 68.7 Å². The van der Waals surface area contributed by atoms with Crippen LogP contribution in [0.4, 0.5) is 14.8 Å². The summed E-state index contributed by atoms with van der Waals surface area (Å²) in [7, 11) is 0. The first-order chi connectivity index (χ1) is 16.2. The number of ether oxygens (including phenoxy) is 1. The highest BCUT2D eigenvalue weighted by Crippen LogP contribution is 2.40. The van der Waals surface area contributed by atoms with Crippen molar-refractivity contribution in [2.75, 3.05) is 23.8 Å². The fourth-order valence-electron chi connectivity index (χ4n) is 4.61. The number of anilines is 2. The highest BCUT2D eigenvalue weighted by atomic mass is 35.5. The Morgan fingerprint density at radius 2 is 1.85 bits per heavy atom. The Morgan fingerprint density at radius 1 is 1.09 bits per heavy atom. The number of fused-ring (bicyclic) bond motifs is 2. The fourth-order valence-corrected chi connectivity index (χ4v) is 7.14. The van der Waals surface area contributed by atoms with E-state index in [1.54, 1.807) is 18.3 Å². The molecule has 7 nitrogen and oxygen atoms in total. The number of aryl methyl sites for hydroxylation is 1. The van der Waals surface area contributed by atoms with Gasteiger partial charge in [-0.1, -0.05) is 11.3 Å². The molecule has 0 unspecified atom stereocenters. The molecular formula is C24H29ClN4O3S2. The summed E-state index contributed by atoms with van der Waals surface area (Å²) in [6.07, 6.45) is 10.1. The summed E-state index contributed by atoms with van der Waals surface area (Å²) in [5.41, 5.74) is 4.02. The molecule has 5 rings (SSSR count). The van der Waals surface area contributed by atoms with E-state index in [1.807, 2.05) is 24.5 Å². The van der Waals surface area contributed by atoms with Crippen LogP contribution in [0, 0.1) is 0 Å². The van der Waals surface area contributed by atoms with Crippen LogP contribution < -0.4 is 16.0 Å². The normalized spacial score (nSPS) is 14.3. The molecule has 1 aliphatic heterocycles. The second-order valence-electron chi connectivity index (χ2n) is 8.26. The fraction of sp³-hybridized carbons (Fsp3) is 0.417. The number of halogens is 1. The van der Waals surface area contributed by atoms with Crippen LogP contribution in [0.25, 0.3) is 5.00 Å². The van der Waals surface area contributed by atoms with Crippen molar-refractivity contribution in [1.29, 1.82) is 0 Å². The Kier molecular flexibility index (Phi) is 7.85. The van der Waals surface area contributed by atoms with Crippen LogP contribution in [0.15, 0.2) is 24.5 Å². The summed E-state index contributed by atoms with van der Waals surface area (Å²) in [5.74, 6) is -0.347. The van der Waals surface area contributed by atoms with Crippen molar-refractivity contribution < 1.29 is 14.3 Å². The monoisotopic (exact) mass is 520 g/mol. The lowest BCUT2D eigenvalue weighted by Crippen LogP contribution is -2.29. The third kappa shape index (κ3) is 4.82. The molecule has 2 amide bonds. The van der Waals surface area contributed by atoms with Crippen LogP contribution >= 0.6 is 35.1 Å². The third-order valence-corrected chi connectivity index (χ3v) is 8.58. The number of aromatic nitrogens is 1. The van der Waals surface area contributed by atoms with E-state index in [-0.39, 0.29) is 24.4 Å². The number of amides is 2. The third-order valence-electron chi connectivity index (χ3n) is 6.13. The van der Waals surface area contributed by atoms with Crippen LogP contribution in [-0.2, 0) is 30.5 Å². The highest BCUT2D eigenvalue weighted by molar-refractivity contribution is 7.19. The minimum atomic E-state index is -0.347. The number of nitrogens with one attached hydrogen (secondary N) is 3.